The Morgan fingerprint density at radius 2 is 1.80 bits per heavy atom. The van der Waals surface area contributed by atoms with Crippen molar-refractivity contribution in [1.82, 2.24) is 0 Å². The van der Waals surface area contributed by atoms with Crippen molar-refractivity contribution in [1.29, 1.82) is 0 Å². The third-order valence-electron chi connectivity index (χ3n) is 8.92. The minimum absolute atomic E-state index is 0.355. The van der Waals surface area contributed by atoms with Crippen molar-refractivity contribution < 1.29 is 4.57 Å². The predicted octanol–water partition coefficient (Wildman–Crippen LogP) is 10.00. The highest BCUT2D eigenvalue weighted by Crippen LogP contribution is 2.45. The maximum Gasteiger partial charge on any atom is 0.213 e. The largest absolute Gasteiger partial charge is 0.398 e. The number of pyridine rings is 1. The first kappa shape index (κ1) is 30.1. The quantitative estimate of drug-likeness (QED) is 0.0474. The van der Waals surface area contributed by atoms with Gasteiger partial charge in [0.15, 0.2) is 6.20 Å². The molecule has 1 aromatic heterocycles. The van der Waals surface area contributed by atoms with Crippen LogP contribution < -0.4 is 15.2 Å². The number of nitrogen functional groups attached to an aromatic ring is 1. The summed E-state index contributed by atoms with van der Waals surface area (Å²) in [6, 6.07) is 27.9. The first-order valence-corrected chi connectivity index (χ1v) is 17.0. The molecule has 6 rings (SSSR count). The van der Waals surface area contributed by atoms with Crippen LogP contribution in [0.15, 0.2) is 127 Å². The van der Waals surface area contributed by atoms with Gasteiger partial charge < -0.3 is 10.6 Å². The van der Waals surface area contributed by atoms with Crippen LogP contribution in [0.4, 0.5) is 11.4 Å². The number of hydrogen-bond acceptors (Lipinski definition) is 2. The molecule has 1 fully saturated rings. The van der Waals surface area contributed by atoms with E-state index in [1.807, 2.05) is 12.1 Å². The molecule has 44 heavy (non-hydrogen) atoms. The topological polar surface area (TPSA) is 33.1 Å². The lowest BCUT2D eigenvalue weighted by Gasteiger charge is -2.30. The Morgan fingerprint density at radius 1 is 1.02 bits per heavy atom. The van der Waals surface area contributed by atoms with Gasteiger partial charge in [-0.25, -0.2) is 0 Å². The first-order valence-electron chi connectivity index (χ1n) is 15.8. The molecule has 3 nitrogen and oxygen atoms in total. The fourth-order valence-electron chi connectivity index (χ4n) is 6.30. The average molecular weight is 691 g/mol. The molecule has 222 valence electrons. The number of aryl methyl sites for hydroxylation is 1. The smallest absolute Gasteiger partial charge is 0.213 e. The zero-order valence-electron chi connectivity index (χ0n) is 25.8. The van der Waals surface area contributed by atoms with E-state index in [-0.39, 0.29) is 0 Å². The van der Waals surface area contributed by atoms with E-state index in [9.17, 15) is 0 Å². The summed E-state index contributed by atoms with van der Waals surface area (Å²) < 4.78 is 2.66. The van der Waals surface area contributed by atoms with Crippen LogP contribution >= 0.6 is 22.6 Å². The third kappa shape index (κ3) is 6.32. The van der Waals surface area contributed by atoms with Gasteiger partial charge in [-0.3, -0.25) is 0 Å². The van der Waals surface area contributed by atoms with Gasteiger partial charge in [0.1, 0.15) is 6.54 Å². The number of nitrogens with zero attached hydrogens (tertiary/aromatic N) is 2. The van der Waals surface area contributed by atoms with E-state index in [4.69, 9.17) is 5.73 Å². The highest BCUT2D eigenvalue weighted by Gasteiger charge is 2.34. The Labute approximate surface area is 275 Å². The Hall–Kier alpha value is -3.90. The summed E-state index contributed by atoms with van der Waals surface area (Å²) in [5.41, 5.74) is 17.0. The summed E-state index contributed by atoms with van der Waals surface area (Å²) in [4.78, 5) is 2.33. The minimum Gasteiger partial charge on any atom is -0.398 e. The summed E-state index contributed by atoms with van der Waals surface area (Å²) in [6.07, 6.45) is 20.7. The molecule has 2 N–H and O–H groups in total. The van der Waals surface area contributed by atoms with Crippen molar-refractivity contribution in [3.05, 3.63) is 144 Å². The van der Waals surface area contributed by atoms with Crippen LogP contribution in [-0.2, 0) is 6.54 Å². The molecule has 0 bridgehead atoms. The number of rotatable bonds is 9. The molecule has 0 spiro atoms. The number of aromatic nitrogens is 1. The first-order chi connectivity index (χ1) is 21.5. The van der Waals surface area contributed by atoms with Crippen LogP contribution in [0.5, 0.6) is 0 Å². The summed E-state index contributed by atoms with van der Waals surface area (Å²) in [5.74, 6) is 1.32. The normalized spacial score (nSPS) is 20.0. The number of hydrogen-bond donors (Lipinski definition) is 1. The highest BCUT2D eigenvalue weighted by atomic mass is 127. The number of nitrogens with two attached hydrogens (primary N) is 1. The van der Waals surface area contributed by atoms with Crippen molar-refractivity contribution in [2.45, 2.75) is 44.2 Å². The maximum absolute atomic E-state index is 6.65. The zero-order chi connectivity index (χ0) is 30.6. The van der Waals surface area contributed by atoms with Gasteiger partial charge in [-0.15, -0.1) is 0 Å². The van der Waals surface area contributed by atoms with Crippen molar-refractivity contribution >= 4 is 62.1 Å². The molecule has 3 aromatic carbocycles. The third-order valence-corrected chi connectivity index (χ3v) is 9.52. The second-order valence-corrected chi connectivity index (χ2v) is 13.5. The van der Waals surface area contributed by atoms with Gasteiger partial charge >= 0.3 is 0 Å². The van der Waals surface area contributed by atoms with Gasteiger partial charge in [-0.05, 0) is 78.7 Å². The van der Waals surface area contributed by atoms with E-state index in [0.717, 1.165) is 29.3 Å². The zero-order valence-corrected chi connectivity index (χ0v) is 28.0. The van der Waals surface area contributed by atoms with Crippen LogP contribution in [-0.4, -0.2) is 4.05 Å². The summed E-state index contributed by atoms with van der Waals surface area (Å²) in [6.45, 7) is 7.65. The van der Waals surface area contributed by atoms with Gasteiger partial charge in [0, 0.05) is 40.8 Å². The van der Waals surface area contributed by atoms with Gasteiger partial charge in [0.2, 0.25) is 5.52 Å². The van der Waals surface area contributed by atoms with Gasteiger partial charge in [0.05, 0.1) is 9.43 Å². The van der Waals surface area contributed by atoms with Crippen LogP contribution in [0.3, 0.4) is 0 Å². The fourth-order valence-corrected chi connectivity index (χ4v) is 6.78. The monoisotopic (exact) mass is 690 g/mol. The molecule has 4 aromatic rings. The standard InChI is InChI=1S/C40H41IN3/c1-4-29-26-33(29)27-37(36-14-6-9-15-38(36)42)30(18-20-31-22-24-43(5-2)39-16-10-7-12-34(31)39)19-21-32-23-25-44(28(3)41)40-17-11-8-13-35(32)40/h6-25,27-29,33H,4-5,26,42H2,1-3H3/q+1/b37-27-/t28?,29-,33-/m0/s1. The number of halogens is 1. The van der Waals surface area contributed by atoms with Crippen LogP contribution in [0, 0.1) is 11.8 Å². The van der Waals surface area contributed by atoms with Crippen LogP contribution in [0.1, 0.15) is 50.3 Å². The number of alkyl halides is 1. The average Bonchev–Trinajstić information content (AvgIpc) is 3.82. The molecule has 0 amide bonds. The lowest BCUT2D eigenvalue weighted by atomic mass is 9.92. The van der Waals surface area contributed by atoms with Gasteiger partial charge in [-0.2, -0.15) is 4.57 Å². The van der Waals surface area contributed by atoms with E-state index in [2.05, 4.69) is 168 Å². The Balaban J connectivity index is 1.51. The lowest BCUT2D eigenvalue weighted by molar-refractivity contribution is -0.667. The van der Waals surface area contributed by atoms with Crippen molar-refractivity contribution in [2.24, 2.45) is 11.8 Å². The summed E-state index contributed by atoms with van der Waals surface area (Å²) in [7, 11) is 0. The van der Waals surface area contributed by atoms with Crippen LogP contribution in [0.25, 0.3) is 28.1 Å². The number of benzene rings is 3. The molecular weight excluding hydrogens is 649 g/mol. The van der Waals surface area contributed by atoms with Gasteiger partial charge in [0.25, 0.3) is 0 Å². The SMILES string of the molecule is CC[C@H]1C[C@H]1/C=C(C(=C\C=C1\C=CN(C(C)I)c2ccccc21)/C=C/c1cc[n+](CC)c2ccccc12)\c1ccccc1N. The second-order valence-electron chi connectivity index (χ2n) is 11.7. The Bertz CT molecular complexity index is 1820. The van der Waals surface area contributed by atoms with E-state index in [1.165, 1.54) is 51.7 Å². The number of para-hydroxylation sites is 3. The molecule has 1 unspecified atom stereocenters. The number of anilines is 2. The minimum atomic E-state index is 0.355. The molecule has 0 saturated heterocycles. The second kappa shape index (κ2) is 13.4. The highest BCUT2D eigenvalue weighted by molar-refractivity contribution is 14.1. The van der Waals surface area contributed by atoms with E-state index >= 15 is 0 Å². The predicted molar refractivity (Wildman–Crippen MR) is 197 cm³/mol. The van der Waals surface area contributed by atoms with Gasteiger partial charge in [-0.1, -0.05) is 115 Å². The molecule has 1 aliphatic carbocycles. The number of allylic oxidation sites excluding steroid dienone is 8. The Kier molecular flexibility index (Phi) is 9.17. The van der Waals surface area contributed by atoms with Crippen molar-refractivity contribution in [2.75, 3.05) is 10.6 Å². The number of fused-ring (bicyclic) bond motifs is 2. The maximum atomic E-state index is 6.65. The molecular formula is C40H41IN3+. The molecule has 2 heterocycles. The summed E-state index contributed by atoms with van der Waals surface area (Å²) in [5, 5.41) is 1.25. The molecule has 1 aliphatic heterocycles. The molecule has 0 radical (unpaired) electrons. The summed E-state index contributed by atoms with van der Waals surface area (Å²) >= 11 is 2.48. The van der Waals surface area contributed by atoms with Crippen molar-refractivity contribution in [3.63, 3.8) is 0 Å². The molecule has 4 heteroatoms. The van der Waals surface area contributed by atoms with E-state index in [0.29, 0.717) is 9.97 Å². The fraction of sp³-hybridized carbons (Fsp3) is 0.225. The Morgan fingerprint density at radius 3 is 2.57 bits per heavy atom. The van der Waals surface area contributed by atoms with Crippen molar-refractivity contribution in [3.8, 4) is 0 Å². The van der Waals surface area contributed by atoms with E-state index < -0.39 is 0 Å². The molecule has 2 aliphatic rings. The molecule has 3 atom stereocenters. The van der Waals surface area contributed by atoms with Crippen LogP contribution in [0.2, 0.25) is 0 Å². The van der Waals surface area contributed by atoms with E-state index in [1.54, 1.807) is 0 Å². The lowest BCUT2D eigenvalue weighted by Crippen LogP contribution is -2.32. The molecule has 1 saturated carbocycles.